The Balaban J connectivity index is 2.02. The number of benzene rings is 1. The van der Waals surface area contributed by atoms with Crippen molar-refractivity contribution in [1.29, 1.82) is 0 Å². The van der Waals surface area contributed by atoms with Crippen LogP contribution in [-0.4, -0.2) is 44.1 Å². The molecule has 1 aromatic rings. The minimum Gasteiger partial charge on any atom is -0.465 e. The molecule has 2 N–H and O–H groups in total. The van der Waals surface area contributed by atoms with Gasteiger partial charge in [-0.3, -0.25) is 4.79 Å². The average molecular weight is 319 g/mol. The molecule has 0 bridgehead atoms. The predicted molar refractivity (Wildman–Crippen MR) is 85.4 cm³/mol. The van der Waals surface area contributed by atoms with Crippen LogP contribution in [0, 0.1) is 0 Å². The van der Waals surface area contributed by atoms with Crippen LogP contribution in [0.4, 0.5) is 10.5 Å². The molecule has 0 heterocycles. The molecule has 0 spiro atoms. The summed E-state index contributed by atoms with van der Waals surface area (Å²) in [5.41, 5.74) is 0.781. The van der Waals surface area contributed by atoms with Crippen LogP contribution >= 0.6 is 0 Å². The summed E-state index contributed by atoms with van der Waals surface area (Å²) in [7, 11) is 1.29. The van der Waals surface area contributed by atoms with E-state index in [0.29, 0.717) is 11.3 Å². The number of anilines is 1. The molecule has 0 saturated heterocycles. The van der Waals surface area contributed by atoms with E-state index in [1.54, 1.807) is 24.3 Å². The minimum absolute atomic E-state index is 0.217. The Kier molecular flexibility index (Phi) is 5.56. The van der Waals surface area contributed by atoms with Crippen molar-refractivity contribution < 1.29 is 19.1 Å². The molecule has 124 valence electrons. The number of carbonyl (C=O) groups excluding carboxylic acids is 3. The number of nitrogens with one attached hydrogen (secondary N) is 2. The number of hydrogen-bond donors (Lipinski definition) is 2. The maximum atomic E-state index is 11.9. The van der Waals surface area contributed by atoms with Gasteiger partial charge in [-0.1, -0.05) is 12.1 Å². The number of para-hydroxylation sites is 1. The number of amides is 3. The molecule has 0 aliphatic heterocycles. The molecule has 23 heavy (non-hydrogen) atoms. The Morgan fingerprint density at radius 2 is 1.96 bits per heavy atom. The summed E-state index contributed by atoms with van der Waals surface area (Å²) >= 11 is 0. The van der Waals surface area contributed by atoms with Crippen molar-refractivity contribution in [3.05, 3.63) is 29.8 Å². The van der Waals surface area contributed by atoms with E-state index in [2.05, 4.69) is 10.6 Å². The minimum atomic E-state index is -0.508. The van der Waals surface area contributed by atoms with Gasteiger partial charge in [-0.05, 0) is 25.0 Å². The van der Waals surface area contributed by atoms with Gasteiger partial charge in [0.25, 0.3) is 0 Å². The van der Waals surface area contributed by atoms with Gasteiger partial charge in [0.1, 0.15) is 0 Å². The smallest absolute Gasteiger partial charge is 0.339 e. The molecule has 0 unspecified atom stereocenters. The average Bonchev–Trinajstić information content (AvgIpc) is 3.34. The summed E-state index contributed by atoms with van der Waals surface area (Å²) in [5.74, 6) is -0.725. The third-order valence-electron chi connectivity index (χ3n) is 3.51. The van der Waals surface area contributed by atoms with Gasteiger partial charge in [0.2, 0.25) is 5.91 Å². The number of nitrogens with zero attached hydrogens (tertiary/aromatic N) is 1. The van der Waals surface area contributed by atoms with Crippen LogP contribution in [0.15, 0.2) is 24.3 Å². The first-order valence-electron chi connectivity index (χ1n) is 7.52. The maximum absolute atomic E-state index is 11.9. The number of rotatable bonds is 6. The number of urea groups is 1. The summed E-state index contributed by atoms with van der Waals surface area (Å²) in [6, 6.07) is 6.76. The van der Waals surface area contributed by atoms with Gasteiger partial charge >= 0.3 is 12.0 Å². The molecule has 7 nitrogen and oxygen atoms in total. The monoisotopic (exact) mass is 319 g/mol. The fourth-order valence-electron chi connectivity index (χ4n) is 2.18. The molecule has 3 amide bonds. The van der Waals surface area contributed by atoms with Crippen molar-refractivity contribution >= 4 is 23.6 Å². The number of carbonyl (C=O) groups is 3. The lowest BCUT2D eigenvalue weighted by Crippen LogP contribution is -2.42. The number of esters is 1. The molecule has 1 aromatic carbocycles. The Labute approximate surface area is 135 Å². The lowest BCUT2D eigenvalue weighted by molar-refractivity contribution is -0.116. The molecule has 1 saturated carbocycles. The number of ether oxygens (including phenoxy) is 1. The molecule has 0 aromatic heterocycles. The largest absolute Gasteiger partial charge is 0.465 e. The predicted octanol–water partition coefficient (Wildman–Crippen LogP) is 1.29. The van der Waals surface area contributed by atoms with Gasteiger partial charge in [0.15, 0.2) is 0 Å². The van der Waals surface area contributed by atoms with E-state index in [1.807, 2.05) is 0 Å². The standard InChI is InChI=1S/C16H21N3O4/c1-11(20)19(10-9-17-16(22)18-12-7-8-12)14-6-4-3-5-13(14)15(21)23-2/h3-6,12H,7-10H2,1-2H3,(H2,17,18,22). The van der Waals surface area contributed by atoms with Crippen LogP contribution in [0.25, 0.3) is 0 Å². The first kappa shape index (κ1) is 16.8. The van der Waals surface area contributed by atoms with E-state index in [4.69, 9.17) is 4.74 Å². The number of hydrogen-bond acceptors (Lipinski definition) is 4. The Bertz CT molecular complexity index is 599. The fourth-order valence-corrected chi connectivity index (χ4v) is 2.18. The van der Waals surface area contributed by atoms with E-state index >= 15 is 0 Å². The van der Waals surface area contributed by atoms with Crippen molar-refractivity contribution in [3.8, 4) is 0 Å². The molecule has 1 aliphatic rings. The normalized spacial score (nSPS) is 13.1. The van der Waals surface area contributed by atoms with Crippen molar-refractivity contribution in [1.82, 2.24) is 10.6 Å². The molecule has 0 radical (unpaired) electrons. The fraction of sp³-hybridized carbons (Fsp3) is 0.438. The second-order valence-electron chi connectivity index (χ2n) is 5.35. The quantitative estimate of drug-likeness (QED) is 0.773. The highest BCUT2D eigenvalue weighted by molar-refractivity contribution is 6.01. The van der Waals surface area contributed by atoms with Crippen LogP contribution in [0.2, 0.25) is 0 Å². The van der Waals surface area contributed by atoms with Crippen LogP contribution in [0.3, 0.4) is 0 Å². The Morgan fingerprint density at radius 1 is 1.26 bits per heavy atom. The maximum Gasteiger partial charge on any atom is 0.339 e. The van der Waals surface area contributed by atoms with Gasteiger partial charge in [-0.2, -0.15) is 0 Å². The topological polar surface area (TPSA) is 87.7 Å². The highest BCUT2D eigenvalue weighted by atomic mass is 16.5. The molecular weight excluding hydrogens is 298 g/mol. The van der Waals surface area contributed by atoms with E-state index in [-0.39, 0.29) is 31.1 Å². The summed E-state index contributed by atoms with van der Waals surface area (Å²) in [6.45, 7) is 1.97. The summed E-state index contributed by atoms with van der Waals surface area (Å²) < 4.78 is 4.74. The van der Waals surface area contributed by atoms with E-state index < -0.39 is 5.97 Å². The second-order valence-corrected chi connectivity index (χ2v) is 5.35. The van der Waals surface area contributed by atoms with Crippen LogP contribution in [-0.2, 0) is 9.53 Å². The van der Waals surface area contributed by atoms with Gasteiger partial charge in [0.05, 0.1) is 18.4 Å². The molecule has 1 fully saturated rings. The molecule has 1 aliphatic carbocycles. The SMILES string of the molecule is COC(=O)c1ccccc1N(CCNC(=O)NC1CC1)C(C)=O. The van der Waals surface area contributed by atoms with Gasteiger partial charge in [0, 0.05) is 26.1 Å². The summed E-state index contributed by atoms with van der Waals surface area (Å²) in [5, 5.41) is 5.52. The Morgan fingerprint density at radius 3 is 2.57 bits per heavy atom. The third-order valence-corrected chi connectivity index (χ3v) is 3.51. The van der Waals surface area contributed by atoms with Gasteiger partial charge in [-0.15, -0.1) is 0 Å². The van der Waals surface area contributed by atoms with Crippen molar-refractivity contribution in [3.63, 3.8) is 0 Å². The molecule has 0 atom stereocenters. The van der Waals surface area contributed by atoms with Crippen LogP contribution < -0.4 is 15.5 Å². The lowest BCUT2D eigenvalue weighted by Gasteiger charge is -2.23. The van der Waals surface area contributed by atoms with Gasteiger partial charge < -0.3 is 20.3 Å². The van der Waals surface area contributed by atoms with E-state index in [9.17, 15) is 14.4 Å². The Hall–Kier alpha value is -2.57. The van der Waals surface area contributed by atoms with E-state index in [1.165, 1.54) is 18.9 Å². The summed E-state index contributed by atoms with van der Waals surface area (Å²) in [4.78, 5) is 36.8. The highest BCUT2D eigenvalue weighted by Crippen LogP contribution is 2.21. The van der Waals surface area contributed by atoms with Crippen LogP contribution in [0.5, 0.6) is 0 Å². The lowest BCUT2D eigenvalue weighted by atomic mass is 10.1. The van der Waals surface area contributed by atoms with Crippen molar-refractivity contribution in [2.45, 2.75) is 25.8 Å². The zero-order valence-electron chi connectivity index (χ0n) is 13.3. The van der Waals surface area contributed by atoms with Crippen molar-refractivity contribution in [2.24, 2.45) is 0 Å². The second kappa shape index (κ2) is 7.62. The van der Waals surface area contributed by atoms with E-state index in [0.717, 1.165) is 12.8 Å². The molecule has 2 rings (SSSR count). The van der Waals surface area contributed by atoms with Crippen LogP contribution in [0.1, 0.15) is 30.1 Å². The first-order chi connectivity index (χ1) is 11.0. The zero-order valence-corrected chi connectivity index (χ0v) is 13.3. The summed E-state index contributed by atoms with van der Waals surface area (Å²) in [6.07, 6.45) is 2.03. The van der Waals surface area contributed by atoms with Gasteiger partial charge in [-0.25, -0.2) is 9.59 Å². The zero-order chi connectivity index (χ0) is 16.8. The highest BCUT2D eigenvalue weighted by Gasteiger charge is 2.23. The first-order valence-corrected chi connectivity index (χ1v) is 7.52. The van der Waals surface area contributed by atoms with Crippen molar-refractivity contribution in [2.75, 3.05) is 25.1 Å². The number of methoxy groups -OCH3 is 1. The molecular formula is C16H21N3O4. The molecule has 7 heteroatoms. The third kappa shape index (κ3) is 4.70.